The smallest absolute Gasteiger partial charge is 0.0994 e. The molecular weight excluding hydrogens is 182 g/mol. The molecule has 74 valence electrons. The highest BCUT2D eigenvalue weighted by Gasteiger charge is 2.02. The fourth-order valence-corrected chi connectivity index (χ4v) is 1.88. The Kier molecular flexibility index (Phi) is 2.43. The first-order valence-electron chi connectivity index (χ1n) is 5.18. The average Bonchev–Trinajstić information content (AvgIpc) is 2.29. The van der Waals surface area contributed by atoms with E-state index in [0.29, 0.717) is 0 Å². The third kappa shape index (κ3) is 1.59. The average molecular weight is 195 g/mol. The first-order chi connectivity index (χ1) is 7.26. The summed E-state index contributed by atoms with van der Waals surface area (Å²) in [6.07, 6.45) is 1.05. The summed E-state index contributed by atoms with van der Waals surface area (Å²) in [5.41, 5.74) is 3.19. The second-order valence-electron chi connectivity index (χ2n) is 3.76. The predicted octanol–water partition coefficient (Wildman–Crippen LogP) is 3.58. The number of nitriles is 1. The molecule has 0 aliphatic carbocycles. The van der Waals surface area contributed by atoms with Gasteiger partial charge in [-0.25, -0.2) is 0 Å². The molecule has 1 heteroatoms. The fraction of sp³-hybridized carbons (Fsp3) is 0.214. The van der Waals surface area contributed by atoms with Gasteiger partial charge in [0.05, 0.1) is 11.6 Å². The number of nitrogens with zero attached hydrogens (tertiary/aromatic N) is 1. The molecule has 0 saturated carbocycles. The van der Waals surface area contributed by atoms with Crippen molar-refractivity contribution in [2.24, 2.45) is 0 Å². The van der Waals surface area contributed by atoms with Crippen molar-refractivity contribution < 1.29 is 0 Å². The lowest BCUT2D eigenvalue weighted by Gasteiger charge is -2.05. The van der Waals surface area contributed by atoms with Gasteiger partial charge in [0, 0.05) is 0 Å². The maximum absolute atomic E-state index is 8.93. The number of hydrogen-bond donors (Lipinski definition) is 0. The second kappa shape index (κ2) is 3.74. The van der Waals surface area contributed by atoms with Crippen molar-refractivity contribution in [2.45, 2.75) is 20.3 Å². The van der Waals surface area contributed by atoms with Crippen molar-refractivity contribution >= 4 is 10.8 Å². The van der Waals surface area contributed by atoms with Crippen LogP contribution in [0, 0.1) is 18.3 Å². The molecule has 0 atom stereocenters. The second-order valence-corrected chi connectivity index (χ2v) is 3.76. The van der Waals surface area contributed by atoms with E-state index in [2.05, 4.69) is 31.2 Å². The number of hydrogen-bond acceptors (Lipinski definition) is 1. The highest BCUT2D eigenvalue weighted by atomic mass is 14.2. The summed E-state index contributed by atoms with van der Waals surface area (Å²) in [4.78, 5) is 0. The summed E-state index contributed by atoms with van der Waals surface area (Å²) in [6.45, 7) is 4.16. The van der Waals surface area contributed by atoms with E-state index in [-0.39, 0.29) is 0 Å². The predicted molar refractivity (Wildman–Crippen MR) is 62.8 cm³/mol. The van der Waals surface area contributed by atoms with Crippen molar-refractivity contribution in [1.29, 1.82) is 5.26 Å². The Morgan fingerprint density at radius 3 is 2.67 bits per heavy atom. The van der Waals surface area contributed by atoms with E-state index in [0.717, 1.165) is 17.5 Å². The zero-order valence-corrected chi connectivity index (χ0v) is 9.04. The Hall–Kier alpha value is -1.81. The highest BCUT2D eigenvalue weighted by Crippen LogP contribution is 2.22. The summed E-state index contributed by atoms with van der Waals surface area (Å²) < 4.78 is 0. The maximum Gasteiger partial charge on any atom is 0.0994 e. The number of aryl methyl sites for hydroxylation is 2. The molecule has 15 heavy (non-hydrogen) atoms. The third-order valence-electron chi connectivity index (χ3n) is 2.88. The molecule has 0 bridgehead atoms. The van der Waals surface area contributed by atoms with Gasteiger partial charge in [0.25, 0.3) is 0 Å². The van der Waals surface area contributed by atoms with Crippen LogP contribution in [0.2, 0.25) is 0 Å². The molecule has 1 nitrogen and oxygen atoms in total. The minimum absolute atomic E-state index is 0.770. The maximum atomic E-state index is 8.93. The van der Waals surface area contributed by atoms with Gasteiger partial charge in [0.15, 0.2) is 0 Å². The monoisotopic (exact) mass is 195 g/mol. The third-order valence-corrected chi connectivity index (χ3v) is 2.88. The molecule has 2 aromatic rings. The zero-order chi connectivity index (χ0) is 10.8. The van der Waals surface area contributed by atoms with Gasteiger partial charge in [-0.15, -0.1) is 0 Å². The molecule has 0 heterocycles. The van der Waals surface area contributed by atoms with Crippen molar-refractivity contribution in [1.82, 2.24) is 0 Å². The minimum atomic E-state index is 0.770. The van der Waals surface area contributed by atoms with Crippen LogP contribution in [0.25, 0.3) is 10.8 Å². The van der Waals surface area contributed by atoms with Crippen LogP contribution in [0.4, 0.5) is 0 Å². The van der Waals surface area contributed by atoms with Gasteiger partial charge in [0.1, 0.15) is 0 Å². The normalized spacial score (nSPS) is 10.2. The van der Waals surface area contributed by atoms with Gasteiger partial charge in [-0.05, 0) is 41.3 Å². The number of benzene rings is 2. The summed E-state index contributed by atoms with van der Waals surface area (Å²) in [5, 5.41) is 11.3. The Labute approximate surface area is 90.0 Å². The summed E-state index contributed by atoms with van der Waals surface area (Å²) in [6, 6.07) is 12.6. The molecule has 0 saturated heterocycles. The van der Waals surface area contributed by atoms with Crippen LogP contribution in [-0.2, 0) is 6.42 Å². The van der Waals surface area contributed by atoms with E-state index in [1.165, 1.54) is 16.3 Å². The first kappa shape index (κ1) is 9.73. The van der Waals surface area contributed by atoms with Crippen LogP contribution in [0.5, 0.6) is 0 Å². The van der Waals surface area contributed by atoms with Crippen molar-refractivity contribution in [3.63, 3.8) is 0 Å². The summed E-state index contributed by atoms with van der Waals surface area (Å²) in [7, 11) is 0. The Morgan fingerprint density at radius 1 is 1.20 bits per heavy atom. The van der Waals surface area contributed by atoms with Crippen molar-refractivity contribution in [3.8, 4) is 6.07 Å². The molecule has 0 aromatic heterocycles. The van der Waals surface area contributed by atoms with Gasteiger partial charge in [-0.1, -0.05) is 31.2 Å². The highest BCUT2D eigenvalue weighted by molar-refractivity contribution is 5.87. The summed E-state index contributed by atoms with van der Waals surface area (Å²) >= 11 is 0. The van der Waals surface area contributed by atoms with Gasteiger partial charge in [0.2, 0.25) is 0 Å². The zero-order valence-electron chi connectivity index (χ0n) is 9.04. The molecule has 0 N–H and O–H groups in total. The van der Waals surface area contributed by atoms with E-state index >= 15 is 0 Å². The minimum Gasteiger partial charge on any atom is -0.192 e. The van der Waals surface area contributed by atoms with E-state index in [1.54, 1.807) is 0 Å². The van der Waals surface area contributed by atoms with Gasteiger partial charge in [-0.3, -0.25) is 0 Å². The largest absolute Gasteiger partial charge is 0.192 e. The fourth-order valence-electron chi connectivity index (χ4n) is 1.88. The Morgan fingerprint density at radius 2 is 2.00 bits per heavy atom. The quantitative estimate of drug-likeness (QED) is 0.682. The molecule has 2 rings (SSSR count). The van der Waals surface area contributed by atoms with E-state index in [4.69, 9.17) is 5.26 Å². The Bertz CT molecular complexity index is 547. The lowest BCUT2D eigenvalue weighted by atomic mass is 9.98. The molecule has 0 radical (unpaired) electrons. The van der Waals surface area contributed by atoms with Gasteiger partial charge < -0.3 is 0 Å². The van der Waals surface area contributed by atoms with Gasteiger partial charge >= 0.3 is 0 Å². The lowest BCUT2D eigenvalue weighted by molar-refractivity contribution is 1.15. The SMILES string of the molecule is CCc1ccc2c(C)c(C#N)ccc2c1. The Balaban J connectivity index is 2.75. The van der Waals surface area contributed by atoms with Crippen LogP contribution >= 0.6 is 0 Å². The van der Waals surface area contributed by atoms with E-state index in [9.17, 15) is 0 Å². The molecule has 0 fully saturated rings. The standard InChI is InChI=1S/C14H13N/c1-3-11-4-7-14-10(2)13(9-15)6-5-12(14)8-11/h4-8H,3H2,1-2H3. The van der Waals surface area contributed by atoms with Crippen LogP contribution in [0.1, 0.15) is 23.6 Å². The number of fused-ring (bicyclic) bond motifs is 1. The van der Waals surface area contributed by atoms with Crippen molar-refractivity contribution in [2.75, 3.05) is 0 Å². The van der Waals surface area contributed by atoms with Crippen LogP contribution in [0.15, 0.2) is 30.3 Å². The van der Waals surface area contributed by atoms with Crippen LogP contribution < -0.4 is 0 Å². The van der Waals surface area contributed by atoms with E-state index in [1.807, 2.05) is 19.1 Å². The first-order valence-corrected chi connectivity index (χ1v) is 5.18. The lowest BCUT2D eigenvalue weighted by Crippen LogP contribution is -1.86. The topological polar surface area (TPSA) is 23.8 Å². The molecule has 0 aliphatic heterocycles. The van der Waals surface area contributed by atoms with E-state index < -0.39 is 0 Å². The molecule has 0 aliphatic rings. The van der Waals surface area contributed by atoms with Crippen molar-refractivity contribution in [3.05, 3.63) is 47.0 Å². The van der Waals surface area contributed by atoms with Crippen LogP contribution in [0.3, 0.4) is 0 Å². The molecular formula is C14H13N. The molecule has 0 amide bonds. The molecule has 2 aromatic carbocycles. The van der Waals surface area contributed by atoms with Gasteiger partial charge in [-0.2, -0.15) is 5.26 Å². The van der Waals surface area contributed by atoms with Crippen LogP contribution in [-0.4, -0.2) is 0 Å². The summed E-state index contributed by atoms with van der Waals surface area (Å²) in [5.74, 6) is 0. The molecule has 0 spiro atoms. The number of rotatable bonds is 1. The molecule has 0 unspecified atom stereocenters.